The van der Waals surface area contributed by atoms with Gasteiger partial charge < -0.3 is 24.7 Å². The third-order valence-corrected chi connectivity index (χ3v) is 8.83. The Morgan fingerprint density at radius 3 is 2.09 bits per heavy atom. The highest BCUT2D eigenvalue weighted by Gasteiger charge is 2.61. The maximum absolute atomic E-state index is 12.5. The predicted molar refractivity (Wildman–Crippen MR) is 159 cm³/mol. The molecule has 2 aliphatic heterocycles. The Balaban J connectivity index is 1.29. The zero-order valence-electron chi connectivity index (χ0n) is 23.8. The maximum atomic E-state index is 12.5. The van der Waals surface area contributed by atoms with E-state index in [-0.39, 0.29) is 12.4 Å². The fourth-order valence-corrected chi connectivity index (χ4v) is 6.79. The number of benzene rings is 3. The standard InChI is InChI=1S/C31H29N5O7P/c1-38-22-12-8-20(9-13-22)31(19-6-4-3-5-7-19,21-10-14-23(39-2)15-11-21)40-16-24-26-27(43-44(37)42-26)30(41-24)36-18-35-25-28(32)33-17-34-29(25)36/h3-15,17-18,24,26-27,30H,16H2,1-2H3,(H2,32,33,34)/q+1/t24-,26-,27-,30-/m1/s1. The monoisotopic (exact) mass is 614 g/mol. The molecular weight excluding hydrogens is 585 g/mol. The quantitative estimate of drug-likeness (QED) is 0.181. The zero-order valence-corrected chi connectivity index (χ0v) is 24.7. The van der Waals surface area contributed by atoms with Crippen LogP contribution in [0.25, 0.3) is 11.2 Å². The van der Waals surface area contributed by atoms with E-state index >= 15 is 0 Å². The van der Waals surface area contributed by atoms with E-state index in [0.717, 1.165) is 16.7 Å². The van der Waals surface area contributed by atoms with Crippen LogP contribution in [0.15, 0.2) is 91.5 Å². The third kappa shape index (κ3) is 4.77. The van der Waals surface area contributed by atoms with Crippen LogP contribution in [0.2, 0.25) is 0 Å². The summed E-state index contributed by atoms with van der Waals surface area (Å²) < 4.78 is 50.2. The van der Waals surface area contributed by atoms with Crippen molar-refractivity contribution in [2.75, 3.05) is 26.6 Å². The molecule has 2 fully saturated rings. The van der Waals surface area contributed by atoms with Gasteiger partial charge in [0.05, 0.1) is 27.2 Å². The number of nitrogens with zero attached hydrogens (tertiary/aromatic N) is 4. The largest absolute Gasteiger partial charge is 0.698 e. The second-order valence-corrected chi connectivity index (χ2v) is 11.2. The van der Waals surface area contributed by atoms with E-state index in [4.69, 9.17) is 33.7 Å². The van der Waals surface area contributed by atoms with Gasteiger partial charge in [0.1, 0.15) is 35.0 Å². The lowest BCUT2D eigenvalue weighted by Crippen LogP contribution is -2.39. The molecule has 0 bridgehead atoms. The first-order valence-corrected chi connectivity index (χ1v) is 15.0. The van der Waals surface area contributed by atoms with E-state index in [1.165, 1.54) is 6.33 Å². The fourth-order valence-electron chi connectivity index (χ4n) is 5.87. The molecule has 224 valence electrons. The fraction of sp³-hybridized carbons (Fsp3) is 0.258. The maximum Gasteiger partial charge on any atom is 0.698 e. The van der Waals surface area contributed by atoms with Crippen molar-refractivity contribution < 1.29 is 32.6 Å². The van der Waals surface area contributed by atoms with Crippen molar-refractivity contribution in [3.8, 4) is 11.5 Å². The molecule has 0 saturated carbocycles. The van der Waals surface area contributed by atoms with Crippen LogP contribution in [0.5, 0.6) is 11.5 Å². The second kappa shape index (κ2) is 11.6. The van der Waals surface area contributed by atoms with Crippen LogP contribution >= 0.6 is 8.25 Å². The zero-order chi connectivity index (χ0) is 30.3. The lowest BCUT2D eigenvalue weighted by atomic mass is 9.80. The Morgan fingerprint density at radius 2 is 1.45 bits per heavy atom. The first-order valence-electron chi connectivity index (χ1n) is 13.9. The van der Waals surface area contributed by atoms with Gasteiger partial charge in [-0.05, 0) is 41.0 Å². The molecule has 2 saturated heterocycles. The van der Waals surface area contributed by atoms with Crippen LogP contribution in [0.1, 0.15) is 22.9 Å². The molecule has 3 aromatic carbocycles. The lowest BCUT2D eigenvalue weighted by molar-refractivity contribution is -0.0953. The molecule has 44 heavy (non-hydrogen) atoms. The minimum atomic E-state index is -2.36. The Bertz CT molecular complexity index is 1740. The molecule has 0 radical (unpaired) electrons. The van der Waals surface area contributed by atoms with E-state index in [0.29, 0.717) is 22.7 Å². The summed E-state index contributed by atoms with van der Waals surface area (Å²) in [5, 5.41) is 0. The molecule has 7 rings (SSSR count). The molecular formula is C31H29N5O7P+. The van der Waals surface area contributed by atoms with Gasteiger partial charge in [0.15, 0.2) is 29.9 Å². The van der Waals surface area contributed by atoms with E-state index in [1.54, 1.807) is 25.1 Å². The number of rotatable bonds is 9. The molecule has 2 N–H and O–H groups in total. The number of aromatic nitrogens is 4. The smallest absolute Gasteiger partial charge is 0.497 e. The predicted octanol–water partition coefficient (Wildman–Crippen LogP) is 4.77. The molecule has 2 aromatic heterocycles. The summed E-state index contributed by atoms with van der Waals surface area (Å²) in [5.41, 5.74) is 8.45. The summed E-state index contributed by atoms with van der Waals surface area (Å²) in [6.45, 7) is 0.0565. The highest BCUT2D eigenvalue weighted by atomic mass is 31.1. The van der Waals surface area contributed by atoms with Crippen molar-refractivity contribution in [2.24, 2.45) is 0 Å². The third-order valence-electron chi connectivity index (χ3n) is 8.00. The summed E-state index contributed by atoms with van der Waals surface area (Å²) >= 11 is 0. The van der Waals surface area contributed by atoms with Crippen molar-refractivity contribution in [3.05, 3.63) is 108 Å². The van der Waals surface area contributed by atoms with Gasteiger partial charge in [0.25, 0.3) is 0 Å². The van der Waals surface area contributed by atoms with Gasteiger partial charge in [-0.15, -0.1) is 9.05 Å². The second-order valence-electron chi connectivity index (χ2n) is 10.3. The lowest BCUT2D eigenvalue weighted by Gasteiger charge is -2.37. The van der Waals surface area contributed by atoms with Gasteiger partial charge in [-0.3, -0.25) is 4.57 Å². The van der Waals surface area contributed by atoms with Gasteiger partial charge in [0, 0.05) is 4.57 Å². The molecule has 0 spiro atoms. The first-order chi connectivity index (χ1) is 21.5. The van der Waals surface area contributed by atoms with Crippen molar-refractivity contribution in [1.29, 1.82) is 0 Å². The number of methoxy groups -OCH3 is 2. The number of anilines is 1. The van der Waals surface area contributed by atoms with Crippen LogP contribution in [0, 0.1) is 0 Å². The SMILES string of the molecule is COc1ccc(C(OC[C@H]2O[C@@H](n3cnc4c(N)ncnc43)[C@@H]3O[P+](=O)O[C@@H]32)(c2ccccc2)c2ccc(OC)cc2)cc1. The van der Waals surface area contributed by atoms with E-state index in [9.17, 15) is 4.57 Å². The highest BCUT2D eigenvalue weighted by Crippen LogP contribution is 2.50. The number of nitrogen functional groups attached to an aromatic ring is 1. The van der Waals surface area contributed by atoms with Gasteiger partial charge in [-0.2, -0.15) is 0 Å². The van der Waals surface area contributed by atoms with Gasteiger partial charge in [-0.25, -0.2) is 15.0 Å². The molecule has 5 aromatic rings. The summed E-state index contributed by atoms with van der Waals surface area (Å²) in [6, 6.07) is 25.4. The number of fused-ring (bicyclic) bond motifs is 2. The summed E-state index contributed by atoms with van der Waals surface area (Å²) in [7, 11) is 0.891. The molecule has 2 aliphatic rings. The van der Waals surface area contributed by atoms with Gasteiger partial charge >= 0.3 is 8.25 Å². The van der Waals surface area contributed by atoms with Gasteiger partial charge in [-0.1, -0.05) is 54.6 Å². The van der Waals surface area contributed by atoms with Crippen molar-refractivity contribution in [1.82, 2.24) is 19.5 Å². The van der Waals surface area contributed by atoms with Crippen LogP contribution < -0.4 is 15.2 Å². The number of hydrogen-bond donors (Lipinski definition) is 1. The minimum absolute atomic E-state index is 0.0565. The van der Waals surface area contributed by atoms with Crippen molar-refractivity contribution in [3.63, 3.8) is 0 Å². The minimum Gasteiger partial charge on any atom is -0.497 e. The van der Waals surface area contributed by atoms with Crippen LogP contribution in [-0.4, -0.2) is 58.7 Å². The summed E-state index contributed by atoms with van der Waals surface area (Å²) in [4.78, 5) is 12.7. The Hall–Kier alpha value is -4.45. The normalized spacial score (nSPS) is 22.3. The molecule has 0 amide bonds. The Kier molecular flexibility index (Phi) is 7.45. The molecule has 1 unspecified atom stereocenters. The van der Waals surface area contributed by atoms with Crippen molar-refractivity contribution in [2.45, 2.75) is 30.1 Å². The molecule has 4 heterocycles. The van der Waals surface area contributed by atoms with Crippen molar-refractivity contribution >= 4 is 25.2 Å². The van der Waals surface area contributed by atoms with Crippen LogP contribution in [0.4, 0.5) is 5.82 Å². The molecule has 13 heteroatoms. The molecule has 12 nitrogen and oxygen atoms in total. The molecule has 5 atom stereocenters. The average molecular weight is 615 g/mol. The first kappa shape index (κ1) is 28.3. The topological polar surface area (TPSA) is 142 Å². The summed E-state index contributed by atoms with van der Waals surface area (Å²) in [5.74, 6) is 1.67. The van der Waals surface area contributed by atoms with E-state index in [1.807, 2.05) is 78.9 Å². The Morgan fingerprint density at radius 1 is 0.841 bits per heavy atom. The van der Waals surface area contributed by atoms with Crippen LogP contribution in [-0.2, 0) is 28.7 Å². The number of hydrogen-bond acceptors (Lipinski definition) is 11. The number of ether oxygens (including phenoxy) is 4. The van der Waals surface area contributed by atoms with E-state index < -0.39 is 38.4 Å². The number of nitrogens with two attached hydrogens (primary N) is 1. The Labute approximate surface area is 253 Å². The average Bonchev–Trinajstić information content (AvgIpc) is 3.76. The van der Waals surface area contributed by atoms with Crippen LogP contribution in [0.3, 0.4) is 0 Å². The van der Waals surface area contributed by atoms with Gasteiger partial charge in [0.2, 0.25) is 0 Å². The molecule has 0 aliphatic carbocycles. The van der Waals surface area contributed by atoms with E-state index in [2.05, 4.69) is 15.0 Å². The highest BCUT2D eigenvalue weighted by molar-refractivity contribution is 7.33. The number of imidazole rings is 1. The summed E-state index contributed by atoms with van der Waals surface area (Å²) in [6.07, 6.45) is 0.116.